The van der Waals surface area contributed by atoms with Gasteiger partial charge in [0, 0.05) is 24.4 Å². The van der Waals surface area contributed by atoms with Gasteiger partial charge in [-0.15, -0.1) is 0 Å². The number of non-ortho nitro benzene ring substituents is 1. The van der Waals surface area contributed by atoms with Crippen LogP contribution in [0.2, 0.25) is 0 Å². The van der Waals surface area contributed by atoms with Crippen LogP contribution < -0.4 is 10.6 Å². The largest absolute Gasteiger partial charge is 0.405 e. The molecule has 0 saturated carbocycles. The summed E-state index contributed by atoms with van der Waals surface area (Å²) >= 11 is 0. The third-order valence-electron chi connectivity index (χ3n) is 2.47. The molecule has 1 rings (SSSR count). The first kappa shape index (κ1) is 16.7. The van der Waals surface area contributed by atoms with E-state index in [0.29, 0.717) is 6.54 Å². The van der Waals surface area contributed by atoms with Crippen molar-refractivity contribution in [2.24, 2.45) is 0 Å². The van der Waals surface area contributed by atoms with Crippen molar-refractivity contribution in [1.82, 2.24) is 5.32 Å². The van der Waals surface area contributed by atoms with E-state index in [-0.39, 0.29) is 16.9 Å². The van der Waals surface area contributed by atoms with Crippen LogP contribution in [0.4, 0.5) is 24.5 Å². The number of hydrogen-bond donors (Lipinski definition) is 2. The molecule has 0 saturated heterocycles. The first-order chi connectivity index (χ1) is 9.74. The summed E-state index contributed by atoms with van der Waals surface area (Å²) in [5.74, 6) is -1.02. The van der Waals surface area contributed by atoms with Crippen LogP contribution in [0.1, 0.15) is 23.7 Å². The Hall–Kier alpha value is -2.32. The summed E-state index contributed by atoms with van der Waals surface area (Å²) in [4.78, 5) is 21.7. The highest BCUT2D eigenvalue weighted by Gasteiger charge is 2.28. The standard InChI is InChI=1S/C12H14F3N3O3/c1-2-5-16-10-4-3-8(18(20)21)6-9(10)11(19)17-7-12(13,14)15/h3-4,6,16H,2,5,7H2,1H3,(H,17,19). The van der Waals surface area contributed by atoms with Gasteiger partial charge in [0.15, 0.2) is 0 Å². The Morgan fingerprint density at radius 3 is 2.57 bits per heavy atom. The van der Waals surface area contributed by atoms with Gasteiger partial charge in [-0.05, 0) is 12.5 Å². The minimum Gasteiger partial charge on any atom is -0.384 e. The maximum atomic E-state index is 12.1. The van der Waals surface area contributed by atoms with Gasteiger partial charge in [0.25, 0.3) is 11.6 Å². The third kappa shape index (κ3) is 5.28. The molecule has 0 aliphatic carbocycles. The Morgan fingerprint density at radius 1 is 1.38 bits per heavy atom. The predicted molar refractivity (Wildman–Crippen MR) is 70.3 cm³/mol. The molecule has 1 aromatic carbocycles. The lowest BCUT2D eigenvalue weighted by molar-refractivity contribution is -0.384. The lowest BCUT2D eigenvalue weighted by Crippen LogP contribution is -2.34. The summed E-state index contributed by atoms with van der Waals surface area (Å²) in [6.45, 7) is 0.848. The Kier molecular flexibility index (Phi) is 5.51. The van der Waals surface area contributed by atoms with Crippen molar-refractivity contribution < 1.29 is 22.9 Å². The van der Waals surface area contributed by atoms with E-state index in [2.05, 4.69) is 5.32 Å². The molecule has 21 heavy (non-hydrogen) atoms. The minimum atomic E-state index is -4.55. The minimum absolute atomic E-state index is 0.193. The second kappa shape index (κ2) is 6.91. The van der Waals surface area contributed by atoms with Gasteiger partial charge in [-0.2, -0.15) is 13.2 Å². The molecule has 0 radical (unpaired) electrons. The highest BCUT2D eigenvalue weighted by Crippen LogP contribution is 2.22. The number of nitro groups is 1. The first-order valence-electron chi connectivity index (χ1n) is 6.12. The number of alkyl halides is 3. The van der Waals surface area contributed by atoms with E-state index in [1.54, 1.807) is 5.32 Å². The highest BCUT2D eigenvalue weighted by atomic mass is 19.4. The fourth-order valence-corrected chi connectivity index (χ4v) is 1.52. The quantitative estimate of drug-likeness (QED) is 0.625. The van der Waals surface area contributed by atoms with Crippen LogP contribution in [0, 0.1) is 10.1 Å². The van der Waals surface area contributed by atoms with Gasteiger partial charge in [0.05, 0.1) is 10.5 Å². The van der Waals surface area contributed by atoms with Gasteiger partial charge in [-0.1, -0.05) is 6.92 Å². The number of nitrogens with one attached hydrogen (secondary N) is 2. The number of hydrogen-bond acceptors (Lipinski definition) is 4. The van der Waals surface area contributed by atoms with Crippen LogP contribution in [-0.2, 0) is 0 Å². The molecule has 1 aromatic rings. The van der Waals surface area contributed by atoms with Crippen molar-refractivity contribution in [3.05, 3.63) is 33.9 Å². The lowest BCUT2D eigenvalue weighted by atomic mass is 10.1. The van der Waals surface area contributed by atoms with E-state index in [1.807, 2.05) is 6.92 Å². The second-order valence-corrected chi connectivity index (χ2v) is 4.21. The van der Waals surface area contributed by atoms with E-state index in [0.717, 1.165) is 12.5 Å². The van der Waals surface area contributed by atoms with E-state index in [1.165, 1.54) is 12.1 Å². The van der Waals surface area contributed by atoms with Gasteiger partial charge in [-0.25, -0.2) is 0 Å². The second-order valence-electron chi connectivity index (χ2n) is 4.21. The van der Waals surface area contributed by atoms with Gasteiger partial charge >= 0.3 is 6.18 Å². The topological polar surface area (TPSA) is 84.3 Å². The molecule has 0 unspecified atom stereocenters. The summed E-state index contributed by atoms with van der Waals surface area (Å²) in [7, 11) is 0. The van der Waals surface area contributed by atoms with Crippen molar-refractivity contribution in [2.45, 2.75) is 19.5 Å². The zero-order valence-corrected chi connectivity index (χ0v) is 11.2. The fourth-order valence-electron chi connectivity index (χ4n) is 1.52. The summed E-state index contributed by atoms with van der Waals surface area (Å²) in [6, 6.07) is 3.43. The van der Waals surface area contributed by atoms with Crippen molar-refractivity contribution >= 4 is 17.3 Å². The molecule has 1 amide bonds. The summed E-state index contributed by atoms with van der Waals surface area (Å²) < 4.78 is 36.3. The highest BCUT2D eigenvalue weighted by molar-refractivity contribution is 6.00. The molecule has 0 aliphatic heterocycles. The monoisotopic (exact) mass is 305 g/mol. The van der Waals surface area contributed by atoms with Gasteiger partial charge in [-0.3, -0.25) is 14.9 Å². The van der Waals surface area contributed by atoms with Crippen LogP contribution >= 0.6 is 0 Å². The number of anilines is 1. The molecule has 0 atom stereocenters. The van der Waals surface area contributed by atoms with Crippen LogP contribution in [0.15, 0.2) is 18.2 Å². The molecule has 116 valence electrons. The van der Waals surface area contributed by atoms with Crippen LogP contribution in [0.3, 0.4) is 0 Å². The number of halogens is 3. The Morgan fingerprint density at radius 2 is 2.05 bits per heavy atom. The molecular formula is C12H14F3N3O3. The Balaban J connectivity index is 3.01. The fraction of sp³-hybridized carbons (Fsp3) is 0.417. The van der Waals surface area contributed by atoms with E-state index in [9.17, 15) is 28.1 Å². The predicted octanol–water partition coefficient (Wildman–Crippen LogP) is 2.71. The molecule has 0 bridgehead atoms. The Labute approximate surface area is 118 Å². The molecule has 9 heteroatoms. The SMILES string of the molecule is CCCNc1ccc([N+](=O)[O-])cc1C(=O)NCC(F)(F)F. The van der Waals surface area contributed by atoms with Crippen molar-refractivity contribution in [3.8, 4) is 0 Å². The molecule has 0 spiro atoms. The van der Waals surface area contributed by atoms with E-state index < -0.39 is 23.6 Å². The van der Waals surface area contributed by atoms with Crippen LogP contribution in [-0.4, -0.2) is 30.1 Å². The van der Waals surface area contributed by atoms with Crippen LogP contribution in [0.5, 0.6) is 0 Å². The van der Waals surface area contributed by atoms with E-state index >= 15 is 0 Å². The van der Waals surface area contributed by atoms with Crippen molar-refractivity contribution in [1.29, 1.82) is 0 Å². The van der Waals surface area contributed by atoms with Gasteiger partial charge in [0.2, 0.25) is 0 Å². The van der Waals surface area contributed by atoms with Crippen molar-refractivity contribution in [3.63, 3.8) is 0 Å². The normalized spacial score (nSPS) is 11.0. The number of amides is 1. The number of carbonyl (C=O) groups is 1. The molecule has 0 aromatic heterocycles. The lowest BCUT2D eigenvalue weighted by Gasteiger charge is -2.12. The van der Waals surface area contributed by atoms with E-state index in [4.69, 9.17) is 0 Å². The van der Waals surface area contributed by atoms with Crippen molar-refractivity contribution in [2.75, 3.05) is 18.4 Å². The average molecular weight is 305 g/mol. The average Bonchev–Trinajstić information content (AvgIpc) is 2.41. The zero-order valence-electron chi connectivity index (χ0n) is 11.2. The number of nitro benzene ring substituents is 1. The number of rotatable bonds is 6. The molecule has 2 N–H and O–H groups in total. The Bertz CT molecular complexity index is 532. The third-order valence-corrected chi connectivity index (χ3v) is 2.47. The summed E-state index contributed by atoms with van der Waals surface area (Å²) in [6.07, 6.45) is -3.83. The molecule has 0 fully saturated rings. The number of carbonyl (C=O) groups excluding carboxylic acids is 1. The van der Waals surface area contributed by atoms with Gasteiger partial charge < -0.3 is 10.6 Å². The number of nitrogens with zero attached hydrogens (tertiary/aromatic N) is 1. The van der Waals surface area contributed by atoms with Crippen LogP contribution in [0.25, 0.3) is 0 Å². The summed E-state index contributed by atoms with van der Waals surface area (Å²) in [5.41, 5.74) is -0.307. The zero-order chi connectivity index (χ0) is 16.0. The first-order valence-corrected chi connectivity index (χ1v) is 6.12. The molecule has 0 aliphatic rings. The molecule has 6 nitrogen and oxygen atoms in total. The summed E-state index contributed by atoms with van der Waals surface area (Å²) in [5, 5.41) is 15.2. The molecular weight excluding hydrogens is 291 g/mol. The maximum Gasteiger partial charge on any atom is 0.405 e. The smallest absolute Gasteiger partial charge is 0.384 e. The maximum absolute atomic E-state index is 12.1. The van der Waals surface area contributed by atoms with Gasteiger partial charge in [0.1, 0.15) is 6.54 Å². The molecule has 0 heterocycles. The number of benzene rings is 1.